The predicted octanol–water partition coefficient (Wildman–Crippen LogP) is 5.61. The number of nitrogens with zero attached hydrogens (tertiary/aromatic N) is 1. The van der Waals surface area contributed by atoms with E-state index in [1.165, 1.54) is 22.3 Å². The molecular weight excluding hydrogens is 302 g/mol. The fourth-order valence-electron chi connectivity index (χ4n) is 4.13. The second-order valence-electron chi connectivity index (χ2n) is 7.61. The quantitative estimate of drug-likeness (QED) is 0.604. The second kappa shape index (κ2) is 6.50. The van der Waals surface area contributed by atoms with Crippen molar-refractivity contribution < 1.29 is 0 Å². The van der Waals surface area contributed by atoms with Gasteiger partial charge in [-0.2, -0.15) is 0 Å². The van der Waals surface area contributed by atoms with Crippen LogP contribution < -0.4 is 0 Å². The lowest BCUT2D eigenvalue weighted by Gasteiger charge is -2.49. The predicted molar refractivity (Wildman–Crippen MR) is 104 cm³/mol. The van der Waals surface area contributed by atoms with Gasteiger partial charge < -0.3 is 0 Å². The van der Waals surface area contributed by atoms with Crippen molar-refractivity contribution in [3.63, 3.8) is 0 Å². The van der Waals surface area contributed by atoms with Crippen LogP contribution in [0.5, 0.6) is 0 Å². The van der Waals surface area contributed by atoms with Crippen LogP contribution in [0.3, 0.4) is 0 Å². The topological polar surface area (TPSA) is 3.24 Å². The molecule has 1 aliphatic rings. The highest BCUT2D eigenvalue weighted by Crippen LogP contribution is 2.43. The fourth-order valence-corrected chi connectivity index (χ4v) is 4.13. The van der Waals surface area contributed by atoms with Gasteiger partial charge in [-0.15, -0.1) is 0 Å². The average Bonchev–Trinajstić information content (AvgIpc) is 2.63. The summed E-state index contributed by atoms with van der Waals surface area (Å²) >= 11 is 0. The van der Waals surface area contributed by atoms with E-state index in [1.807, 2.05) is 0 Å². The summed E-state index contributed by atoms with van der Waals surface area (Å²) in [4.78, 5) is 2.67. The van der Waals surface area contributed by atoms with Crippen LogP contribution in [0, 0.1) is 0 Å². The third-order valence-electron chi connectivity index (χ3n) is 5.37. The maximum atomic E-state index is 2.67. The summed E-state index contributed by atoms with van der Waals surface area (Å²) in [5.74, 6) is 0. The zero-order chi connectivity index (χ0) is 17.3. The summed E-state index contributed by atoms with van der Waals surface area (Å²) in [6.45, 7) is 5.71. The van der Waals surface area contributed by atoms with Gasteiger partial charge in [-0.05, 0) is 42.5 Å². The maximum absolute atomic E-state index is 2.67. The van der Waals surface area contributed by atoms with Gasteiger partial charge in [-0.25, -0.2) is 0 Å². The van der Waals surface area contributed by atoms with Crippen molar-refractivity contribution in [1.29, 1.82) is 0 Å². The lowest BCUT2D eigenvalue weighted by molar-refractivity contribution is 0.0629. The van der Waals surface area contributed by atoms with E-state index in [9.17, 15) is 0 Å². The number of hydrogen-bond acceptors (Lipinski definition) is 1. The molecule has 0 aromatic heterocycles. The van der Waals surface area contributed by atoms with Crippen molar-refractivity contribution in [3.8, 4) is 0 Å². The van der Waals surface area contributed by atoms with Gasteiger partial charge in [0, 0.05) is 12.1 Å². The first-order chi connectivity index (χ1) is 12.1. The van der Waals surface area contributed by atoms with Crippen LogP contribution in [0.25, 0.3) is 0 Å². The van der Waals surface area contributed by atoms with Crippen LogP contribution in [0.2, 0.25) is 0 Å². The Morgan fingerprint density at radius 2 is 1.40 bits per heavy atom. The summed E-state index contributed by atoms with van der Waals surface area (Å²) in [6, 6.07) is 31.0. The van der Waals surface area contributed by atoms with Gasteiger partial charge in [0.25, 0.3) is 0 Å². The molecule has 0 amide bonds. The van der Waals surface area contributed by atoms with E-state index in [-0.39, 0.29) is 5.54 Å². The highest BCUT2D eigenvalue weighted by atomic mass is 15.2. The Balaban J connectivity index is 1.84. The van der Waals surface area contributed by atoms with Crippen LogP contribution in [0.15, 0.2) is 84.9 Å². The van der Waals surface area contributed by atoms with Crippen LogP contribution >= 0.6 is 0 Å². The zero-order valence-electron chi connectivity index (χ0n) is 15.0. The van der Waals surface area contributed by atoms with E-state index >= 15 is 0 Å². The van der Waals surface area contributed by atoms with Crippen molar-refractivity contribution in [2.45, 2.75) is 38.4 Å². The molecule has 0 fully saturated rings. The third-order valence-corrected chi connectivity index (χ3v) is 5.37. The van der Waals surface area contributed by atoms with E-state index < -0.39 is 0 Å². The maximum Gasteiger partial charge on any atom is 0.0612 e. The highest BCUT2D eigenvalue weighted by Gasteiger charge is 2.39. The SMILES string of the molecule is CC1(C)Cc2ccccc2[C@@H](c2ccccc2)N1Cc1ccccc1. The van der Waals surface area contributed by atoms with Gasteiger partial charge in [0.15, 0.2) is 0 Å². The Morgan fingerprint density at radius 3 is 2.12 bits per heavy atom. The Bertz CT molecular complexity index is 836. The third kappa shape index (κ3) is 3.12. The van der Waals surface area contributed by atoms with Gasteiger partial charge in [0.1, 0.15) is 0 Å². The molecule has 4 rings (SSSR count). The smallest absolute Gasteiger partial charge is 0.0612 e. The minimum absolute atomic E-state index is 0.102. The molecule has 1 aliphatic heterocycles. The molecule has 0 saturated carbocycles. The molecule has 25 heavy (non-hydrogen) atoms. The van der Waals surface area contributed by atoms with Gasteiger partial charge in [-0.1, -0.05) is 84.9 Å². The first-order valence-corrected chi connectivity index (χ1v) is 9.08. The summed E-state index contributed by atoms with van der Waals surface area (Å²) in [6.07, 6.45) is 1.08. The van der Waals surface area contributed by atoms with E-state index in [4.69, 9.17) is 0 Å². The van der Waals surface area contributed by atoms with E-state index in [1.54, 1.807) is 0 Å². The standard InChI is InChI=1S/C24H25N/c1-24(2)17-21-15-9-10-16-22(21)23(20-13-7-4-8-14-20)25(24)18-19-11-5-3-6-12-19/h3-16,23H,17-18H2,1-2H3/t23-/m1/s1. The Labute approximate surface area is 150 Å². The molecule has 0 saturated heterocycles. The second-order valence-corrected chi connectivity index (χ2v) is 7.61. The molecule has 0 spiro atoms. The van der Waals surface area contributed by atoms with Gasteiger partial charge in [0.05, 0.1) is 6.04 Å². The lowest BCUT2D eigenvalue weighted by Crippen LogP contribution is -2.50. The Kier molecular flexibility index (Phi) is 4.19. The number of benzene rings is 3. The number of rotatable bonds is 3. The van der Waals surface area contributed by atoms with Crippen LogP contribution in [-0.4, -0.2) is 10.4 Å². The lowest BCUT2D eigenvalue weighted by atomic mass is 9.79. The van der Waals surface area contributed by atoms with Crippen LogP contribution in [-0.2, 0) is 13.0 Å². The molecule has 0 bridgehead atoms. The largest absolute Gasteiger partial charge is 0.283 e. The molecule has 0 N–H and O–H groups in total. The highest BCUT2D eigenvalue weighted by molar-refractivity contribution is 5.41. The molecule has 1 heterocycles. The Hall–Kier alpha value is -2.38. The van der Waals surface area contributed by atoms with Crippen molar-refractivity contribution >= 4 is 0 Å². The number of fused-ring (bicyclic) bond motifs is 1. The molecule has 1 nitrogen and oxygen atoms in total. The minimum atomic E-state index is 0.102. The van der Waals surface area contributed by atoms with Crippen molar-refractivity contribution in [2.24, 2.45) is 0 Å². The zero-order valence-corrected chi connectivity index (χ0v) is 15.0. The van der Waals surface area contributed by atoms with Crippen molar-refractivity contribution in [3.05, 3.63) is 107 Å². The van der Waals surface area contributed by atoms with Crippen LogP contribution in [0.1, 0.15) is 42.1 Å². The monoisotopic (exact) mass is 327 g/mol. The minimum Gasteiger partial charge on any atom is -0.283 e. The summed E-state index contributed by atoms with van der Waals surface area (Å²) < 4.78 is 0. The van der Waals surface area contributed by atoms with Crippen molar-refractivity contribution in [2.75, 3.05) is 0 Å². The van der Waals surface area contributed by atoms with E-state index in [2.05, 4.69) is 104 Å². The Morgan fingerprint density at radius 1 is 0.800 bits per heavy atom. The average molecular weight is 327 g/mol. The van der Waals surface area contributed by atoms with Gasteiger partial charge >= 0.3 is 0 Å². The van der Waals surface area contributed by atoms with Crippen molar-refractivity contribution in [1.82, 2.24) is 4.90 Å². The van der Waals surface area contributed by atoms with Gasteiger partial charge in [0.2, 0.25) is 0 Å². The van der Waals surface area contributed by atoms with E-state index in [0.29, 0.717) is 6.04 Å². The first kappa shape index (κ1) is 16.1. The van der Waals surface area contributed by atoms with E-state index in [0.717, 1.165) is 13.0 Å². The normalized spacial score (nSPS) is 19.4. The molecule has 0 aliphatic carbocycles. The molecule has 0 unspecified atom stereocenters. The summed E-state index contributed by atoms with van der Waals surface area (Å²) in [7, 11) is 0. The molecular formula is C24H25N. The molecule has 3 aromatic rings. The molecule has 126 valence electrons. The molecule has 3 aromatic carbocycles. The first-order valence-electron chi connectivity index (χ1n) is 9.08. The summed E-state index contributed by atoms with van der Waals surface area (Å²) in [5, 5.41) is 0. The van der Waals surface area contributed by atoms with Gasteiger partial charge in [-0.3, -0.25) is 4.90 Å². The molecule has 1 atom stereocenters. The summed E-state index contributed by atoms with van der Waals surface area (Å²) in [5.41, 5.74) is 5.77. The molecule has 0 radical (unpaired) electrons. The number of hydrogen-bond donors (Lipinski definition) is 0. The molecule has 1 heteroatoms. The van der Waals surface area contributed by atoms with Crippen LogP contribution in [0.4, 0.5) is 0 Å². The fraction of sp³-hybridized carbons (Fsp3) is 0.250.